The molecule has 10 rings (SSSR count). The zero-order valence-corrected chi connectivity index (χ0v) is 27.0. The first-order chi connectivity index (χ1) is 23.0. The van der Waals surface area contributed by atoms with E-state index in [1.165, 1.54) is 64.2 Å². The third kappa shape index (κ3) is 3.87. The van der Waals surface area contributed by atoms with Crippen LogP contribution in [0.5, 0.6) is 0 Å². The molecule has 47 heavy (non-hydrogen) atoms. The van der Waals surface area contributed by atoms with E-state index in [9.17, 15) is 0 Å². The third-order valence-corrected chi connectivity index (χ3v) is 11.3. The van der Waals surface area contributed by atoms with Crippen molar-refractivity contribution in [3.05, 3.63) is 157 Å². The summed E-state index contributed by atoms with van der Waals surface area (Å²) in [6.45, 7) is 4.73. The van der Waals surface area contributed by atoms with Crippen LogP contribution in [-0.4, -0.2) is 9.55 Å². The molecular formula is C44H30N2S. The summed E-state index contributed by atoms with van der Waals surface area (Å²) in [6, 6.07) is 53.2. The number of fused-ring (bicyclic) bond motifs is 9. The molecule has 0 fully saturated rings. The van der Waals surface area contributed by atoms with E-state index in [1.807, 2.05) is 11.3 Å². The molecule has 1 aliphatic carbocycles. The molecule has 0 amide bonds. The monoisotopic (exact) mass is 618 g/mol. The molecule has 0 unspecified atom stereocenters. The number of thiophene rings is 1. The highest BCUT2D eigenvalue weighted by Crippen LogP contribution is 2.51. The van der Waals surface area contributed by atoms with Crippen molar-refractivity contribution in [1.82, 2.24) is 9.55 Å². The zero-order chi connectivity index (χ0) is 31.3. The average Bonchev–Trinajstić information content (AvgIpc) is 3.72. The summed E-state index contributed by atoms with van der Waals surface area (Å²) >= 11 is 1.88. The van der Waals surface area contributed by atoms with Crippen LogP contribution in [0.25, 0.3) is 81.3 Å². The van der Waals surface area contributed by atoms with E-state index in [-0.39, 0.29) is 5.41 Å². The standard InChI is InChI=1S/C44H30N2S/c1-44(2)36-19-11-9-17-30(36)32-23-33-34-24-35-31-18-10-12-20-42(31)47-43(35)26-41(34)46(40(33)25-37(32)44)29-21-38(27-13-5-3-6-14-27)45-39(22-29)28-15-7-4-8-16-28/h3-26H,1-2H3. The molecule has 9 aromatic rings. The van der Waals surface area contributed by atoms with Gasteiger partial charge in [-0.1, -0.05) is 117 Å². The van der Waals surface area contributed by atoms with Crippen molar-refractivity contribution in [3.63, 3.8) is 0 Å². The van der Waals surface area contributed by atoms with Crippen molar-refractivity contribution in [2.75, 3.05) is 0 Å². The van der Waals surface area contributed by atoms with Gasteiger partial charge in [-0.3, -0.25) is 0 Å². The van der Waals surface area contributed by atoms with Crippen LogP contribution in [0, 0.1) is 0 Å². The van der Waals surface area contributed by atoms with E-state index < -0.39 is 0 Å². The van der Waals surface area contributed by atoms with Crippen molar-refractivity contribution in [2.45, 2.75) is 19.3 Å². The van der Waals surface area contributed by atoms with Gasteiger partial charge in [0, 0.05) is 47.5 Å². The van der Waals surface area contributed by atoms with Crippen LogP contribution in [0.15, 0.2) is 146 Å². The molecule has 0 spiro atoms. The molecule has 6 aromatic carbocycles. The minimum Gasteiger partial charge on any atom is -0.309 e. The van der Waals surface area contributed by atoms with Gasteiger partial charge in [-0.25, -0.2) is 4.98 Å². The Balaban J connectivity index is 1.35. The molecule has 3 aromatic heterocycles. The molecule has 1 aliphatic rings. The van der Waals surface area contributed by atoms with E-state index in [0.717, 1.165) is 28.2 Å². The van der Waals surface area contributed by atoms with Crippen LogP contribution in [0.3, 0.4) is 0 Å². The first-order valence-electron chi connectivity index (χ1n) is 16.2. The first kappa shape index (κ1) is 26.7. The molecule has 0 bridgehead atoms. The third-order valence-electron chi connectivity index (χ3n) is 10.2. The summed E-state index contributed by atoms with van der Waals surface area (Å²) in [4.78, 5) is 5.22. The minimum absolute atomic E-state index is 0.0966. The van der Waals surface area contributed by atoms with Gasteiger partial charge >= 0.3 is 0 Å². The highest BCUT2D eigenvalue weighted by atomic mass is 32.1. The lowest BCUT2D eigenvalue weighted by Gasteiger charge is -2.21. The van der Waals surface area contributed by atoms with E-state index in [4.69, 9.17) is 4.98 Å². The summed E-state index contributed by atoms with van der Waals surface area (Å²) < 4.78 is 5.12. The second-order valence-corrected chi connectivity index (χ2v) is 14.3. The van der Waals surface area contributed by atoms with Crippen molar-refractivity contribution in [2.24, 2.45) is 0 Å². The van der Waals surface area contributed by atoms with Gasteiger partial charge in [0.05, 0.1) is 28.1 Å². The highest BCUT2D eigenvalue weighted by molar-refractivity contribution is 7.25. The Morgan fingerprint density at radius 1 is 0.489 bits per heavy atom. The van der Waals surface area contributed by atoms with E-state index >= 15 is 0 Å². The maximum atomic E-state index is 5.22. The fourth-order valence-corrected chi connectivity index (χ4v) is 8.99. The van der Waals surface area contributed by atoms with Crippen LogP contribution in [-0.2, 0) is 5.41 Å². The Hall–Kier alpha value is -5.51. The molecule has 3 heterocycles. The molecule has 3 heteroatoms. The molecule has 0 saturated heterocycles. The topological polar surface area (TPSA) is 17.8 Å². The van der Waals surface area contributed by atoms with Crippen molar-refractivity contribution >= 4 is 53.3 Å². The maximum Gasteiger partial charge on any atom is 0.0730 e. The number of rotatable bonds is 3. The van der Waals surface area contributed by atoms with Crippen LogP contribution >= 0.6 is 11.3 Å². The SMILES string of the molecule is CC1(C)c2ccccc2-c2cc3c4cc5c(cc4n(-c4cc(-c6ccccc6)nc(-c6ccccc6)c4)c3cc21)sc1ccccc15. The van der Waals surface area contributed by atoms with Crippen LogP contribution < -0.4 is 0 Å². The molecule has 0 aliphatic heterocycles. The lowest BCUT2D eigenvalue weighted by molar-refractivity contribution is 0.661. The lowest BCUT2D eigenvalue weighted by atomic mass is 9.82. The highest BCUT2D eigenvalue weighted by Gasteiger charge is 2.36. The van der Waals surface area contributed by atoms with Gasteiger partial charge in [0.15, 0.2) is 0 Å². The van der Waals surface area contributed by atoms with Crippen LogP contribution in [0.4, 0.5) is 0 Å². The molecule has 2 nitrogen and oxygen atoms in total. The zero-order valence-electron chi connectivity index (χ0n) is 26.2. The van der Waals surface area contributed by atoms with Crippen molar-refractivity contribution < 1.29 is 0 Å². The quantitative estimate of drug-likeness (QED) is 0.193. The van der Waals surface area contributed by atoms with Gasteiger partial charge in [-0.2, -0.15) is 0 Å². The first-order valence-corrected chi connectivity index (χ1v) is 17.0. The summed E-state index contributed by atoms with van der Waals surface area (Å²) in [7, 11) is 0. The maximum absolute atomic E-state index is 5.22. The Kier molecular flexibility index (Phi) is 5.53. The number of hydrogen-bond donors (Lipinski definition) is 0. The van der Waals surface area contributed by atoms with Gasteiger partial charge in [0.2, 0.25) is 0 Å². The van der Waals surface area contributed by atoms with Crippen LogP contribution in [0.1, 0.15) is 25.0 Å². The molecule has 222 valence electrons. The number of benzene rings is 6. The normalized spacial score (nSPS) is 13.5. The largest absolute Gasteiger partial charge is 0.309 e. The Morgan fingerprint density at radius 2 is 1.11 bits per heavy atom. The van der Waals surface area contributed by atoms with Gasteiger partial charge in [-0.05, 0) is 64.7 Å². The lowest BCUT2D eigenvalue weighted by Crippen LogP contribution is -2.15. The number of nitrogens with zero attached hydrogens (tertiary/aromatic N) is 2. The summed E-state index contributed by atoms with van der Waals surface area (Å²) in [5.74, 6) is 0. The second kappa shape index (κ2) is 9.75. The molecule has 0 N–H and O–H groups in total. The van der Waals surface area contributed by atoms with Gasteiger partial charge in [-0.15, -0.1) is 11.3 Å². The fourth-order valence-electron chi connectivity index (χ4n) is 7.87. The predicted molar refractivity (Wildman–Crippen MR) is 200 cm³/mol. The average molecular weight is 619 g/mol. The smallest absolute Gasteiger partial charge is 0.0730 e. The van der Waals surface area contributed by atoms with Crippen molar-refractivity contribution in [3.8, 4) is 39.3 Å². The Labute approximate surface area is 277 Å². The van der Waals surface area contributed by atoms with Gasteiger partial charge < -0.3 is 4.57 Å². The van der Waals surface area contributed by atoms with E-state index in [1.54, 1.807) is 0 Å². The number of hydrogen-bond acceptors (Lipinski definition) is 2. The van der Waals surface area contributed by atoms with E-state index in [2.05, 4.69) is 164 Å². The number of pyridine rings is 1. The summed E-state index contributed by atoms with van der Waals surface area (Å²) in [6.07, 6.45) is 0. The molecular weight excluding hydrogens is 589 g/mol. The van der Waals surface area contributed by atoms with E-state index in [0.29, 0.717) is 0 Å². The Bertz CT molecular complexity index is 2640. The predicted octanol–water partition coefficient (Wildman–Crippen LogP) is 12.2. The summed E-state index contributed by atoms with van der Waals surface area (Å²) in [5.41, 5.74) is 13.1. The number of aromatic nitrogens is 2. The van der Waals surface area contributed by atoms with Gasteiger partial charge in [0.25, 0.3) is 0 Å². The molecule has 0 saturated carbocycles. The fraction of sp³-hybridized carbons (Fsp3) is 0.0682. The van der Waals surface area contributed by atoms with Crippen LogP contribution in [0.2, 0.25) is 0 Å². The second-order valence-electron chi connectivity index (χ2n) is 13.2. The van der Waals surface area contributed by atoms with Crippen molar-refractivity contribution in [1.29, 1.82) is 0 Å². The molecule has 0 radical (unpaired) electrons. The summed E-state index contributed by atoms with van der Waals surface area (Å²) in [5, 5.41) is 5.20. The molecule has 0 atom stereocenters. The Morgan fingerprint density at radius 3 is 1.85 bits per heavy atom. The van der Waals surface area contributed by atoms with Gasteiger partial charge in [0.1, 0.15) is 0 Å². The minimum atomic E-state index is -0.0966.